The number of aromatic nitrogens is 4. The van der Waals surface area contributed by atoms with Gasteiger partial charge in [-0.3, -0.25) is 14.0 Å². The number of halogens is 1. The van der Waals surface area contributed by atoms with Crippen molar-refractivity contribution in [1.82, 2.24) is 19.3 Å². The monoisotopic (exact) mass is 420 g/mol. The van der Waals surface area contributed by atoms with E-state index in [1.807, 2.05) is 25.3 Å². The summed E-state index contributed by atoms with van der Waals surface area (Å²) in [5, 5.41) is 5.13. The third-order valence-corrected chi connectivity index (χ3v) is 5.31. The first-order chi connectivity index (χ1) is 12.0. The average Bonchev–Trinajstić information content (AvgIpc) is 2.99. The molecule has 0 aliphatic heterocycles. The minimum Gasteiger partial charge on any atom is -0.285 e. The Kier molecular flexibility index (Phi) is 5.64. The molecule has 132 valence electrons. The zero-order valence-corrected chi connectivity index (χ0v) is 17.0. The topological polar surface area (TPSA) is 52.7 Å². The van der Waals surface area contributed by atoms with Gasteiger partial charge in [-0.05, 0) is 30.5 Å². The molecule has 1 aromatic carbocycles. The molecule has 3 rings (SSSR count). The molecule has 3 aromatic rings. The summed E-state index contributed by atoms with van der Waals surface area (Å²) in [5.74, 6) is 1.12. The lowest BCUT2D eigenvalue weighted by atomic mass is 10.2. The molecule has 7 heteroatoms. The van der Waals surface area contributed by atoms with Crippen LogP contribution in [0.1, 0.15) is 26.3 Å². The molecule has 0 saturated heterocycles. The fraction of sp³-hybridized carbons (Fsp3) is 0.389. The van der Waals surface area contributed by atoms with Crippen LogP contribution in [0.5, 0.6) is 0 Å². The van der Waals surface area contributed by atoms with E-state index >= 15 is 0 Å². The lowest BCUT2D eigenvalue weighted by molar-refractivity contribution is 0.474. The van der Waals surface area contributed by atoms with Crippen molar-refractivity contribution in [3.05, 3.63) is 50.9 Å². The van der Waals surface area contributed by atoms with Crippen molar-refractivity contribution in [2.75, 3.05) is 0 Å². The molecule has 0 fully saturated rings. The van der Waals surface area contributed by atoms with Gasteiger partial charge in [0.05, 0.1) is 6.20 Å². The number of nitrogens with zero attached hydrogens (tertiary/aromatic N) is 4. The van der Waals surface area contributed by atoms with Crippen molar-refractivity contribution < 1.29 is 0 Å². The summed E-state index contributed by atoms with van der Waals surface area (Å²) in [4.78, 5) is 17.6. The SMILES string of the molecule is CCn1cc2nc(SCc3cccc(Br)c3)n(CC(C)C)c(=O)c2n1. The van der Waals surface area contributed by atoms with E-state index in [0.29, 0.717) is 23.5 Å². The van der Waals surface area contributed by atoms with Gasteiger partial charge in [-0.2, -0.15) is 5.10 Å². The largest absolute Gasteiger partial charge is 0.285 e. The van der Waals surface area contributed by atoms with Crippen molar-refractivity contribution in [3.8, 4) is 0 Å². The number of rotatable bonds is 6. The van der Waals surface area contributed by atoms with Crippen LogP contribution in [0.4, 0.5) is 0 Å². The van der Waals surface area contributed by atoms with E-state index in [9.17, 15) is 4.79 Å². The molecule has 2 heterocycles. The summed E-state index contributed by atoms with van der Waals surface area (Å²) >= 11 is 5.09. The van der Waals surface area contributed by atoms with Crippen LogP contribution in [0.25, 0.3) is 11.0 Å². The summed E-state index contributed by atoms with van der Waals surface area (Å²) in [7, 11) is 0. The summed E-state index contributed by atoms with van der Waals surface area (Å²) in [6.07, 6.45) is 1.85. The first-order valence-corrected chi connectivity index (χ1v) is 10.1. The second-order valence-electron chi connectivity index (χ2n) is 6.34. The van der Waals surface area contributed by atoms with E-state index < -0.39 is 0 Å². The van der Waals surface area contributed by atoms with Crippen LogP contribution in [-0.4, -0.2) is 19.3 Å². The third kappa shape index (κ3) is 4.15. The second kappa shape index (κ2) is 7.74. The average molecular weight is 421 g/mol. The highest BCUT2D eigenvalue weighted by Gasteiger charge is 2.15. The maximum atomic E-state index is 12.9. The van der Waals surface area contributed by atoms with E-state index in [-0.39, 0.29) is 5.56 Å². The van der Waals surface area contributed by atoms with Crippen molar-refractivity contribution >= 4 is 38.7 Å². The van der Waals surface area contributed by atoms with Crippen molar-refractivity contribution in [2.24, 2.45) is 5.92 Å². The Balaban J connectivity index is 2.00. The first kappa shape index (κ1) is 18.2. The summed E-state index contributed by atoms with van der Waals surface area (Å²) < 4.78 is 4.59. The van der Waals surface area contributed by atoms with Crippen LogP contribution in [0.3, 0.4) is 0 Å². The van der Waals surface area contributed by atoms with Gasteiger partial charge >= 0.3 is 0 Å². The highest BCUT2D eigenvalue weighted by molar-refractivity contribution is 9.10. The highest BCUT2D eigenvalue weighted by atomic mass is 79.9. The standard InChI is InChI=1S/C18H21BrN4OS/c1-4-22-10-15-16(21-22)17(24)23(9-12(2)3)18(20-15)25-11-13-6-5-7-14(19)8-13/h5-8,10,12H,4,9,11H2,1-3H3. The van der Waals surface area contributed by atoms with Gasteiger partial charge in [-0.15, -0.1) is 0 Å². The van der Waals surface area contributed by atoms with Crippen LogP contribution in [0.2, 0.25) is 0 Å². The van der Waals surface area contributed by atoms with E-state index in [1.54, 1.807) is 21.0 Å². The smallest absolute Gasteiger partial charge is 0.282 e. The number of hydrogen-bond donors (Lipinski definition) is 0. The zero-order valence-electron chi connectivity index (χ0n) is 14.6. The Morgan fingerprint density at radius 1 is 1.32 bits per heavy atom. The predicted molar refractivity (Wildman–Crippen MR) is 106 cm³/mol. The summed E-state index contributed by atoms with van der Waals surface area (Å²) in [6.45, 7) is 7.57. The molecule has 0 spiro atoms. The van der Waals surface area contributed by atoms with Gasteiger partial charge in [0.2, 0.25) is 0 Å². The van der Waals surface area contributed by atoms with Crippen molar-refractivity contribution in [1.29, 1.82) is 0 Å². The Bertz CT molecular complexity index is 948. The fourth-order valence-corrected chi connectivity index (χ4v) is 3.99. The van der Waals surface area contributed by atoms with Crippen LogP contribution in [-0.2, 0) is 18.8 Å². The maximum Gasteiger partial charge on any atom is 0.282 e. The molecule has 0 saturated carbocycles. The summed E-state index contributed by atoms with van der Waals surface area (Å²) in [6, 6.07) is 8.19. The Morgan fingerprint density at radius 3 is 2.80 bits per heavy atom. The van der Waals surface area contributed by atoms with Gasteiger partial charge in [0.25, 0.3) is 5.56 Å². The highest BCUT2D eigenvalue weighted by Crippen LogP contribution is 2.24. The molecule has 0 bridgehead atoms. The Labute approximate surface area is 159 Å². The molecule has 2 aromatic heterocycles. The Hall–Kier alpha value is -1.60. The lowest BCUT2D eigenvalue weighted by Crippen LogP contribution is -2.25. The van der Waals surface area contributed by atoms with Gasteiger partial charge in [0.1, 0.15) is 5.52 Å². The zero-order chi connectivity index (χ0) is 18.0. The molecular weight excluding hydrogens is 400 g/mol. The van der Waals surface area contributed by atoms with E-state index in [4.69, 9.17) is 4.98 Å². The van der Waals surface area contributed by atoms with Gasteiger partial charge in [0.15, 0.2) is 10.7 Å². The fourth-order valence-electron chi connectivity index (χ4n) is 2.60. The lowest BCUT2D eigenvalue weighted by Gasteiger charge is -2.13. The van der Waals surface area contributed by atoms with E-state index in [0.717, 1.165) is 21.9 Å². The molecule has 0 amide bonds. The number of hydrogen-bond acceptors (Lipinski definition) is 4. The van der Waals surface area contributed by atoms with Gasteiger partial charge < -0.3 is 0 Å². The summed E-state index contributed by atoms with van der Waals surface area (Å²) in [5.41, 5.74) is 2.26. The number of aryl methyl sites for hydroxylation is 1. The van der Waals surface area contributed by atoms with Gasteiger partial charge in [-0.25, -0.2) is 4.98 Å². The second-order valence-corrected chi connectivity index (χ2v) is 8.20. The number of benzene rings is 1. The quantitative estimate of drug-likeness (QED) is 0.439. The van der Waals surface area contributed by atoms with Crippen LogP contribution >= 0.6 is 27.7 Å². The molecule has 0 aliphatic carbocycles. The van der Waals surface area contributed by atoms with Crippen LogP contribution in [0.15, 0.2) is 44.9 Å². The minimum absolute atomic E-state index is 0.0531. The van der Waals surface area contributed by atoms with Gasteiger partial charge in [0, 0.05) is 23.3 Å². The van der Waals surface area contributed by atoms with Crippen molar-refractivity contribution in [3.63, 3.8) is 0 Å². The molecule has 0 atom stereocenters. The van der Waals surface area contributed by atoms with Gasteiger partial charge in [-0.1, -0.05) is 53.7 Å². The van der Waals surface area contributed by atoms with E-state index in [1.165, 1.54) is 5.56 Å². The minimum atomic E-state index is -0.0531. The molecule has 5 nitrogen and oxygen atoms in total. The van der Waals surface area contributed by atoms with Crippen molar-refractivity contribution in [2.45, 2.75) is 44.8 Å². The molecule has 0 radical (unpaired) electrons. The van der Waals surface area contributed by atoms with Crippen LogP contribution in [0, 0.1) is 5.92 Å². The normalized spacial score (nSPS) is 11.6. The predicted octanol–water partition coefficient (Wildman–Crippen LogP) is 4.32. The third-order valence-electron chi connectivity index (χ3n) is 3.77. The first-order valence-electron chi connectivity index (χ1n) is 8.33. The number of fused-ring (bicyclic) bond motifs is 1. The molecule has 0 aliphatic rings. The molecule has 0 unspecified atom stereocenters. The molecular formula is C18H21BrN4OS. The Morgan fingerprint density at radius 2 is 2.12 bits per heavy atom. The maximum absolute atomic E-state index is 12.9. The van der Waals surface area contributed by atoms with E-state index in [2.05, 4.69) is 47.0 Å². The van der Waals surface area contributed by atoms with Crippen LogP contribution < -0.4 is 5.56 Å². The molecule has 0 N–H and O–H groups in total. The molecule has 25 heavy (non-hydrogen) atoms. The number of thioether (sulfide) groups is 1.